The number of hydrogen-bond acceptors (Lipinski definition) is 7. The highest BCUT2D eigenvalue weighted by Gasteiger charge is 2.13. The first-order valence-corrected chi connectivity index (χ1v) is 18.6. The molecule has 288 valence electrons. The third kappa shape index (κ3) is 9.04. The third-order valence-corrected chi connectivity index (χ3v) is 9.53. The number of hydrogen-bond donors (Lipinski definition) is 2. The Balaban J connectivity index is 0.000000178. The Morgan fingerprint density at radius 1 is 0.655 bits per heavy atom. The molecular weight excluding hydrogens is 729 g/mol. The number of nitriles is 1. The van der Waals surface area contributed by atoms with E-state index in [1.165, 1.54) is 0 Å². The van der Waals surface area contributed by atoms with Crippen LogP contribution in [0, 0.1) is 11.3 Å². The van der Waals surface area contributed by atoms with Crippen molar-refractivity contribution in [2.45, 2.75) is 19.5 Å². The summed E-state index contributed by atoms with van der Waals surface area (Å²) in [5.74, 6) is 0.519. The molecule has 6 aromatic carbocycles. The maximum Gasteiger partial charge on any atom is 0.335 e. The number of ether oxygens (including phenoxy) is 2. The van der Waals surface area contributed by atoms with Crippen molar-refractivity contribution < 1.29 is 24.2 Å². The molecule has 11 nitrogen and oxygen atoms in total. The Morgan fingerprint density at radius 2 is 1.14 bits per heavy atom. The van der Waals surface area contributed by atoms with E-state index in [1.807, 2.05) is 137 Å². The predicted molar refractivity (Wildman–Crippen MR) is 224 cm³/mol. The smallest absolute Gasteiger partial charge is 0.335 e. The zero-order valence-electron chi connectivity index (χ0n) is 32.0. The van der Waals surface area contributed by atoms with E-state index in [0.717, 1.165) is 66.7 Å². The Labute approximate surface area is 335 Å². The normalized spacial score (nSPS) is 10.7. The molecule has 0 aliphatic rings. The second-order valence-electron chi connectivity index (χ2n) is 13.5. The van der Waals surface area contributed by atoms with Crippen molar-refractivity contribution in [2.24, 2.45) is 0 Å². The fourth-order valence-corrected chi connectivity index (χ4v) is 6.75. The van der Waals surface area contributed by atoms with Crippen LogP contribution in [0.5, 0.6) is 11.5 Å². The van der Waals surface area contributed by atoms with Crippen LogP contribution in [0.3, 0.4) is 0 Å². The van der Waals surface area contributed by atoms with E-state index >= 15 is 0 Å². The molecule has 8 aromatic rings. The number of rotatable bonds is 12. The van der Waals surface area contributed by atoms with Crippen molar-refractivity contribution in [1.82, 2.24) is 24.9 Å². The lowest BCUT2D eigenvalue weighted by Crippen LogP contribution is -2.24. The number of aromatic nitrogens is 4. The van der Waals surface area contributed by atoms with E-state index in [9.17, 15) is 14.7 Å². The molecule has 1 amide bonds. The number of carbonyl (C=O) groups is 2. The summed E-state index contributed by atoms with van der Waals surface area (Å²) in [7, 11) is 3.31. The Hall–Kier alpha value is -7.71. The molecule has 0 unspecified atom stereocenters. The number of carbonyl (C=O) groups excluding carboxylic acids is 1. The van der Waals surface area contributed by atoms with Gasteiger partial charge in [-0.25, -0.2) is 4.79 Å². The number of nitrogens with zero attached hydrogens (tertiary/aromatic N) is 5. The summed E-state index contributed by atoms with van der Waals surface area (Å²) >= 11 is 0. The van der Waals surface area contributed by atoms with E-state index < -0.39 is 5.97 Å². The second kappa shape index (κ2) is 17.8. The number of methoxy groups -OCH3 is 2. The van der Waals surface area contributed by atoms with Gasteiger partial charge in [-0.3, -0.25) is 14.2 Å². The van der Waals surface area contributed by atoms with Crippen LogP contribution in [0.25, 0.3) is 44.1 Å². The average Bonchev–Trinajstić information content (AvgIpc) is 3.87. The van der Waals surface area contributed by atoms with E-state index in [4.69, 9.17) is 19.8 Å². The Kier molecular flexibility index (Phi) is 11.9. The fraction of sp³-hybridized carbons (Fsp3) is 0.128. The van der Waals surface area contributed by atoms with E-state index in [1.54, 1.807) is 38.5 Å². The number of carboxylic acids is 1. The molecule has 0 aliphatic carbocycles. The van der Waals surface area contributed by atoms with Crippen molar-refractivity contribution in [1.29, 1.82) is 5.26 Å². The molecule has 8 rings (SSSR count). The lowest BCUT2D eigenvalue weighted by molar-refractivity contribution is 0.0696. The number of nitrogens with one attached hydrogen (secondary N) is 1. The number of benzene rings is 6. The third-order valence-electron chi connectivity index (χ3n) is 9.53. The predicted octanol–water partition coefficient (Wildman–Crippen LogP) is 8.86. The molecule has 0 fully saturated rings. The number of fused-ring (bicyclic) bond motifs is 2. The molecule has 0 bridgehead atoms. The van der Waals surface area contributed by atoms with E-state index in [-0.39, 0.29) is 17.9 Å². The lowest BCUT2D eigenvalue weighted by Gasteiger charge is -2.07. The molecule has 0 radical (unpaired) electrons. The van der Waals surface area contributed by atoms with Gasteiger partial charge in [-0.15, -0.1) is 0 Å². The Bertz CT molecular complexity index is 2780. The summed E-state index contributed by atoms with van der Waals surface area (Å²) in [5.41, 5.74) is 8.58. The van der Waals surface area contributed by atoms with Crippen LogP contribution < -0.4 is 14.8 Å². The quantitative estimate of drug-likeness (QED) is 0.117. The van der Waals surface area contributed by atoms with Gasteiger partial charge in [-0.2, -0.15) is 15.5 Å². The standard InChI is InChI=1S/C25H22N4O2.C22H18N2O3/c1-31-21-9-2-6-18(14-21)16-29-17-23-22(10-4-11-24(23)28-29)19-7-3-8-20(15-19)25(30)27-13-5-12-26;1-27-18-8-2-5-15(11-18)13-24-14-20-19(9-4-10-21(20)23-24)16-6-3-7-17(12-16)22(25)26/h2-4,6-11,14-15,17H,5,13,16H2,1H3,(H,27,30);2-12,14H,13H2,1H3,(H,25,26). The van der Waals surface area contributed by atoms with Gasteiger partial charge in [-0.1, -0.05) is 72.8 Å². The highest BCUT2D eigenvalue weighted by molar-refractivity contribution is 5.99. The molecular formula is C47H40N6O5. The molecule has 2 heterocycles. The topological polar surface area (TPSA) is 144 Å². The minimum absolute atomic E-state index is 0.182. The van der Waals surface area contributed by atoms with Crippen LogP contribution in [0.1, 0.15) is 38.3 Å². The summed E-state index contributed by atoms with van der Waals surface area (Å²) in [4.78, 5) is 23.7. The molecule has 0 aliphatic heterocycles. The molecule has 2 N–H and O–H groups in total. The van der Waals surface area contributed by atoms with Crippen molar-refractivity contribution in [2.75, 3.05) is 20.8 Å². The van der Waals surface area contributed by atoms with Gasteiger partial charge in [0.1, 0.15) is 11.5 Å². The van der Waals surface area contributed by atoms with Gasteiger partial charge in [0.2, 0.25) is 0 Å². The largest absolute Gasteiger partial charge is 0.497 e. The van der Waals surface area contributed by atoms with Gasteiger partial charge < -0.3 is 19.9 Å². The maximum atomic E-state index is 12.4. The van der Waals surface area contributed by atoms with E-state index in [2.05, 4.69) is 10.4 Å². The van der Waals surface area contributed by atoms with Gasteiger partial charge in [0, 0.05) is 35.3 Å². The molecule has 11 heteroatoms. The summed E-state index contributed by atoms with van der Waals surface area (Å²) < 4.78 is 14.4. The van der Waals surface area contributed by atoms with Crippen molar-refractivity contribution >= 4 is 33.7 Å². The first-order chi connectivity index (χ1) is 28.3. The van der Waals surface area contributed by atoms with E-state index in [0.29, 0.717) is 25.2 Å². The second-order valence-corrected chi connectivity index (χ2v) is 13.5. The lowest BCUT2D eigenvalue weighted by atomic mass is 10.00. The average molecular weight is 769 g/mol. The first-order valence-electron chi connectivity index (χ1n) is 18.6. The van der Waals surface area contributed by atoms with Crippen molar-refractivity contribution in [3.05, 3.63) is 168 Å². The zero-order chi connectivity index (χ0) is 40.4. The van der Waals surface area contributed by atoms with Crippen molar-refractivity contribution in [3.8, 4) is 39.8 Å². The number of amides is 1. The van der Waals surface area contributed by atoms with Gasteiger partial charge in [-0.05, 0) is 94.0 Å². The highest BCUT2D eigenvalue weighted by Crippen LogP contribution is 2.31. The fourth-order valence-electron chi connectivity index (χ4n) is 6.75. The molecule has 0 spiro atoms. The van der Waals surface area contributed by atoms with Crippen LogP contribution in [-0.4, -0.2) is 57.3 Å². The Morgan fingerprint density at radius 3 is 1.64 bits per heavy atom. The summed E-state index contributed by atoms with van der Waals surface area (Å²) in [5, 5.41) is 32.1. The van der Waals surface area contributed by atoms with Crippen LogP contribution in [0.15, 0.2) is 146 Å². The molecule has 58 heavy (non-hydrogen) atoms. The number of aromatic carboxylic acids is 1. The number of carboxylic acid groups (broad SMARTS) is 1. The van der Waals surface area contributed by atoms with Gasteiger partial charge in [0.05, 0.1) is 56.4 Å². The SMILES string of the molecule is COc1cccc(Cn2cc3c(-c4cccc(C(=O)NCCC#N)c4)cccc3n2)c1.COc1cccc(Cn2cc3c(-c4cccc(C(=O)O)c4)cccc3n2)c1. The van der Waals surface area contributed by atoms with Crippen LogP contribution in [-0.2, 0) is 13.1 Å². The molecule has 0 atom stereocenters. The molecule has 2 aromatic heterocycles. The van der Waals surface area contributed by atoms with Gasteiger partial charge >= 0.3 is 5.97 Å². The van der Waals surface area contributed by atoms with Gasteiger partial charge in [0.15, 0.2) is 0 Å². The minimum Gasteiger partial charge on any atom is -0.497 e. The minimum atomic E-state index is -0.933. The highest BCUT2D eigenvalue weighted by atomic mass is 16.5. The van der Waals surface area contributed by atoms with Crippen LogP contribution in [0.4, 0.5) is 0 Å². The van der Waals surface area contributed by atoms with Crippen LogP contribution in [0.2, 0.25) is 0 Å². The van der Waals surface area contributed by atoms with Crippen LogP contribution >= 0.6 is 0 Å². The zero-order valence-corrected chi connectivity index (χ0v) is 32.0. The molecule has 0 saturated carbocycles. The first kappa shape index (κ1) is 38.6. The molecule has 0 saturated heterocycles. The summed E-state index contributed by atoms with van der Waals surface area (Å²) in [6.45, 7) is 1.60. The van der Waals surface area contributed by atoms with Crippen molar-refractivity contribution in [3.63, 3.8) is 0 Å². The maximum absolute atomic E-state index is 12.4. The summed E-state index contributed by atoms with van der Waals surface area (Å²) in [6, 6.07) is 44.2. The van der Waals surface area contributed by atoms with Gasteiger partial charge in [0.25, 0.3) is 5.91 Å². The summed E-state index contributed by atoms with van der Waals surface area (Å²) in [6.07, 6.45) is 4.32. The monoisotopic (exact) mass is 768 g/mol.